The second kappa shape index (κ2) is 11.4. The Kier molecular flexibility index (Phi) is 8.22. The van der Waals surface area contributed by atoms with Gasteiger partial charge in [-0.2, -0.15) is 13.2 Å². The van der Waals surface area contributed by atoms with E-state index in [-0.39, 0.29) is 43.9 Å². The second-order valence-corrected chi connectivity index (χ2v) is 9.74. The number of hydrogen-bond donors (Lipinski definition) is 2. The maximum absolute atomic E-state index is 13.5. The van der Waals surface area contributed by atoms with Crippen molar-refractivity contribution in [3.8, 4) is 11.5 Å². The summed E-state index contributed by atoms with van der Waals surface area (Å²) >= 11 is 0. The molecule has 2 aromatic rings. The number of piperazine rings is 1. The number of hydrogen-bond acceptors (Lipinski definition) is 5. The average molecular weight is 549 g/mol. The van der Waals surface area contributed by atoms with Crippen LogP contribution in [0.5, 0.6) is 11.5 Å². The third-order valence-electron chi connectivity index (χ3n) is 7.04. The van der Waals surface area contributed by atoms with Gasteiger partial charge in [0.25, 0.3) is 5.91 Å². The Morgan fingerprint density at radius 1 is 1.08 bits per heavy atom. The van der Waals surface area contributed by atoms with Crippen LogP contribution in [0.2, 0.25) is 0 Å². The van der Waals surface area contributed by atoms with Crippen molar-refractivity contribution in [3.05, 3.63) is 53.6 Å². The van der Waals surface area contributed by atoms with Crippen molar-refractivity contribution >= 4 is 23.5 Å². The van der Waals surface area contributed by atoms with Crippen LogP contribution in [0.1, 0.15) is 43.1 Å². The van der Waals surface area contributed by atoms with E-state index in [4.69, 9.17) is 9.47 Å². The van der Waals surface area contributed by atoms with Crippen molar-refractivity contribution in [2.24, 2.45) is 5.92 Å². The summed E-state index contributed by atoms with van der Waals surface area (Å²) in [6, 6.07) is 7.49. The quantitative estimate of drug-likeness (QED) is 0.560. The van der Waals surface area contributed by atoms with Gasteiger partial charge < -0.3 is 29.9 Å². The number of fused-ring (bicyclic) bond motifs is 1. The number of alkyl halides is 3. The van der Waals surface area contributed by atoms with Crippen molar-refractivity contribution in [2.75, 3.05) is 31.7 Å². The summed E-state index contributed by atoms with van der Waals surface area (Å²) in [5, 5.41) is 5.38. The molecule has 3 unspecified atom stereocenters. The summed E-state index contributed by atoms with van der Waals surface area (Å²) in [4.78, 5) is 42.5. The molecule has 0 aliphatic carbocycles. The molecule has 0 spiro atoms. The molecule has 2 aromatic carbocycles. The lowest BCUT2D eigenvalue weighted by Gasteiger charge is -2.41. The van der Waals surface area contributed by atoms with Gasteiger partial charge in [-0.3, -0.25) is 9.59 Å². The van der Waals surface area contributed by atoms with E-state index in [1.807, 2.05) is 13.8 Å². The molecule has 39 heavy (non-hydrogen) atoms. The first-order valence-electron chi connectivity index (χ1n) is 12.7. The third kappa shape index (κ3) is 6.37. The van der Waals surface area contributed by atoms with E-state index < -0.39 is 35.8 Å². The van der Waals surface area contributed by atoms with Gasteiger partial charge in [-0.25, -0.2) is 4.79 Å². The lowest BCUT2D eigenvalue weighted by atomic mass is 9.96. The van der Waals surface area contributed by atoms with Gasteiger partial charge in [0.1, 0.15) is 6.04 Å². The summed E-state index contributed by atoms with van der Waals surface area (Å²) in [6.07, 6.45) is -3.88. The van der Waals surface area contributed by atoms with E-state index in [0.29, 0.717) is 23.5 Å². The van der Waals surface area contributed by atoms with Crippen LogP contribution >= 0.6 is 0 Å². The summed E-state index contributed by atoms with van der Waals surface area (Å²) in [5.41, 5.74) is -0.490. The zero-order chi connectivity index (χ0) is 28.3. The first kappa shape index (κ1) is 28.1. The maximum atomic E-state index is 13.5. The van der Waals surface area contributed by atoms with Gasteiger partial charge in [0.2, 0.25) is 12.7 Å². The van der Waals surface area contributed by atoms with E-state index in [0.717, 1.165) is 12.1 Å². The Bertz CT molecular complexity index is 1240. The largest absolute Gasteiger partial charge is 0.454 e. The van der Waals surface area contributed by atoms with Crippen molar-refractivity contribution in [2.45, 2.75) is 45.5 Å². The third-order valence-corrected chi connectivity index (χ3v) is 7.04. The Labute approximate surface area is 224 Å². The fraction of sp³-hybridized carbons (Fsp3) is 0.444. The molecular formula is C27H31F3N4O5. The topological polar surface area (TPSA) is 100 Å². The molecule has 1 fully saturated rings. The molecule has 4 rings (SSSR count). The normalized spacial score (nSPS) is 18.4. The SMILES string of the molecule is CCC(C)C(NC(=O)c1ccc2c(c1)OCO2)C(=O)N1CCN(C(=O)Nc2cccc(C(F)(F)F)c2)C(C)C1. The van der Waals surface area contributed by atoms with Crippen LogP contribution in [0.25, 0.3) is 0 Å². The second-order valence-electron chi connectivity index (χ2n) is 9.74. The van der Waals surface area contributed by atoms with Crippen molar-refractivity contribution in [3.63, 3.8) is 0 Å². The van der Waals surface area contributed by atoms with Crippen LogP contribution in [-0.2, 0) is 11.0 Å². The predicted molar refractivity (Wildman–Crippen MR) is 136 cm³/mol. The summed E-state index contributed by atoms with van der Waals surface area (Å²) in [7, 11) is 0. The highest BCUT2D eigenvalue weighted by Gasteiger charge is 2.36. The molecule has 0 aromatic heterocycles. The lowest BCUT2D eigenvalue weighted by Crippen LogP contribution is -2.60. The van der Waals surface area contributed by atoms with Crippen LogP contribution in [-0.4, -0.2) is 66.2 Å². The molecule has 0 bridgehead atoms. The first-order chi connectivity index (χ1) is 18.5. The minimum atomic E-state index is -4.52. The molecule has 0 radical (unpaired) electrons. The van der Waals surface area contributed by atoms with E-state index >= 15 is 0 Å². The van der Waals surface area contributed by atoms with Crippen LogP contribution in [0.15, 0.2) is 42.5 Å². The fourth-order valence-corrected chi connectivity index (χ4v) is 4.57. The van der Waals surface area contributed by atoms with Gasteiger partial charge >= 0.3 is 12.2 Å². The monoisotopic (exact) mass is 548 g/mol. The Morgan fingerprint density at radius 3 is 2.51 bits per heavy atom. The van der Waals surface area contributed by atoms with Crippen LogP contribution in [0.4, 0.5) is 23.7 Å². The highest BCUT2D eigenvalue weighted by Crippen LogP contribution is 2.33. The van der Waals surface area contributed by atoms with Crippen LogP contribution in [0.3, 0.4) is 0 Å². The van der Waals surface area contributed by atoms with Crippen molar-refractivity contribution in [1.29, 1.82) is 0 Å². The number of nitrogens with zero attached hydrogens (tertiary/aromatic N) is 2. The summed E-state index contributed by atoms with van der Waals surface area (Å²) < 4.78 is 49.7. The minimum Gasteiger partial charge on any atom is -0.454 e. The first-order valence-corrected chi connectivity index (χ1v) is 12.7. The Morgan fingerprint density at radius 2 is 1.82 bits per heavy atom. The number of halogens is 3. The van der Waals surface area contributed by atoms with Crippen molar-refractivity contribution < 1.29 is 37.0 Å². The number of rotatable bonds is 6. The molecule has 0 saturated carbocycles. The molecule has 3 atom stereocenters. The van der Waals surface area contributed by atoms with Gasteiger partial charge in [-0.15, -0.1) is 0 Å². The fourth-order valence-electron chi connectivity index (χ4n) is 4.57. The number of carbonyl (C=O) groups is 3. The molecule has 9 nitrogen and oxygen atoms in total. The predicted octanol–water partition coefficient (Wildman–Crippen LogP) is 4.34. The molecular weight excluding hydrogens is 517 g/mol. The smallest absolute Gasteiger partial charge is 0.416 e. The number of benzene rings is 2. The highest BCUT2D eigenvalue weighted by molar-refractivity contribution is 5.98. The van der Waals surface area contributed by atoms with Gasteiger partial charge in [-0.05, 0) is 49.2 Å². The lowest BCUT2D eigenvalue weighted by molar-refractivity contribution is -0.138. The van der Waals surface area contributed by atoms with Gasteiger partial charge in [0.05, 0.1) is 5.56 Å². The number of carbonyl (C=O) groups excluding carboxylic acids is 3. The molecule has 210 valence electrons. The molecule has 2 heterocycles. The Balaban J connectivity index is 1.39. The summed E-state index contributed by atoms with van der Waals surface area (Å²) in [6.45, 7) is 6.25. The van der Waals surface area contributed by atoms with E-state index in [1.165, 1.54) is 17.0 Å². The Hall–Kier alpha value is -3.96. The van der Waals surface area contributed by atoms with E-state index in [1.54, 1.807) is 30.0 Å². The maximum Gasteiger partial charge on any atom is 0.416 e. The van der Waals surface area contributed by atoms with Crippen LogP contribution < -0.4 is 20.1 Å². The van der Waals surface area contributed by atoms with Gasteiger partial charge in [-0.1, -0.05) is 26.3 Å². The molecule has 2 aliphatic heterocycles. The zero-order valence-corrected chi connectivity index (χ0v) is 21.9. The van der Waals surface area contributed by atoms with E-state index in [2.05, 4.69) is 10.6 Å². The number of urea groups is 1. The standard InChI is InChI=1S/C27H31F3N4O5/c1-4-16(2)23(32-24(35)18-8-9-21-22(12-18)39-15-38-21)25(36)33-10-11-34(17(3)14-33)26(37)31-20-7-5-6-19(13-20)27(28,29)30/h5-9,12-13,16-17,23H,4,10-11,14-15H2,1-3H3,(H,31,37)(H,32,35). The van der Waals surface area contributed by atoms with Gasteiger partial charge in [0, 0.05) is 36.9 Å². The van der Waals surface area contributed by atoms with Crippen LogP contribution in [0, 0.1) is 5.92 Å². The molecule has 2 N–H and O–H groups in total. The van der Waals surface area contributed by atoms with E-state index in [9.17, 15) is 27.6 Å². The van der Waals surface area contributed by atoms with Gasteiger partial charge in [0.15, 0.2) is 11.5 Å². The molecule has 1 saturated heterocycles. The molecule has 4 amide bonds. The molecule has 12 heteroatoms. The number of nitrogens with one attached hydrogen (secondary N) is 2. The highest BCUT2D eigenvalue weighted by atomic mass is 19.4. The molecule has 2 aliphatic rings. The number of amides is 4. The average Bonchev–Trinajstić information content (AvgIpc) is 3.38. The number of ether oxygens (including phenoxy) is 2. The van der Waals surface area contributed by atoms with Crippen molar-refractivity contribution in [1.82, 2.24) is 15.1 Å². The number of anilines is 1. The minimum absolute atomic E-state index is 0.0311. The summed E-state index contributed by atoms with van der Waals surface area (Å²) in [5.74, 6) is 0.169. The zero-order valence-electron chi connectivity index (χ0n) is 21.9.